The van der Waals surface area contributed by atoms with Gasteiger partial charge in [-0.1, -0.05) is 5.16 Å². The van der Waals surface area contributed by atoms with E-state index in [2.05, 4.69) is 10.1 Å². The quantitative estimate of drug-likeness (QED) is 0.685. The largest absolute Gasteiger partial charge is 0.383 e. The molecule has 0 radical (unpaired) electrons. The van der Waals surface area contributed by atoms with Gasteiger partial charge in [0.05, 0.1) is 11.8 Å². The number of hydrogen-bond acceptors (Lipinski definition) is 4. The first kappa shape index (κ1) is 6.84. The van der Waals surface area contributed by atoms with Crippen molar-refractivity contribution in [3.05, 3.63) is 30.6 Å². The first-order chi connectivity index (χ1) is 5.88. The van der Waals surface area contributed by atoms with Crippen LogP contribution in [0.15, 0.2) is 35.1 Å². The average molecular weight is 161 g/mol. The molecule has 0 saturated carbocycles. The molecule has 12 heavy (non-hydrogen) atoms. The van der Waals surface area contributed by atoms with E-state index in [-0.39, 0.29) is 0 Å². The summed E-state index contributed by atoms with van der Waals surface area (Å²) in [6.07, 6.45) is 3.21. The van der Waals surface area contributed by atoms with Crippen molar-refractivity contribution in [3.63, 3.8) is 0 Å². The Hall–Kier alpha value is -1.84. The predicted octanol–water partition coefficient (Wildman–Crippen LogP) is 1.32. The van der Waals surface area contributed by atoms with E-state index >= 15 is 0 Å². The second kappa shape index (κ2) is 2.65. The molecule has 0 fully saturated rings. The minimum Gasteiger partial charge on any atom is -0.383 e. The van der Waals surface area contributed by atoms with Crippen molar-refractivity contribution in [2.24, 2.45) is 0 Å². The fraction of sp³-hybridized carbons (Fsp3) is 0. The van der Waals surface area contributed by atoms with Crippen molar-refractivity contribution in [2.75, 3.05) is 5.73 Å². The van der Waals surface area contributed by atoms with Gasteiger partial charge in [0.2, 0.25) is 0 Å². The van der Waals surface area contributed by atoms with E-state index in [0.717, 1.165) is 5.56 Å². The van der Waals surface area contributed by atoms with Gasteiger partial charge < -0.3 is 10.3 Å². The Kier molecular flexibility index (Phi) is 1.51. The first-order valence-corrected chi connectivity index (χ1v) is 3.49. The fourth-order valence-electron chi connectivity index (χ4n) is 0.981. The maximum Gasteiger partial charge on any atom is 0.170 e. The highest BCUT2D eigenvalue weighted by Crippen LogP contribution is 2.22. The molecule has 0 saturated heterocycles. The highest BCUT2D eigenvalue weighted by atomic mass is 16.5. The molecule has 0 aliphatic heterocycles. The second-order valence-electron chi connectivity index (χ2n) is 2.31. The Morgan fingerprint density at radius 3 is 2.83 bits per heavy atom. The van der Waals surface area contributed by atoms with Crippen LogP contribution in [0.4, 0.5) is 5.82 Å². The summed E-state index contributed by atoms with van der Waals surface area (Å²) in [5, 5.41) is 3.58. The third-order valence-corrected chi connectivity index (χ3v) is 1.54. The lowest BCUT2D eigenvalue weighted by molar-refractivity contribution is 0.432. The van der Waals surface area contributed by atoms with Crippen molar-refractivity contribution >= 4 is 5.82 Å². The van der Waals surface area contributed by atoms with E-state index in [1.807, 2.05) is 6.07 Å². The zero-order chi connectivity index (χ0) is 8.39. The molecule has 2 heterocycles. The maximum atomic E-state index is 5.61. The minimum absolute atomic E-state index is 0.453. The van der Waals surface area contributed by atoms with Crippen molar-refractivity contribution < 1.29 is 4.52 Å². The summed E-state index contributed by atoms with van der Waals surface area (Å²) in [4.78, 5) is 3.93. The monoisotopic (exact) mass is 161 g/mol. The topological polar surface area (TPSA) is 64.9 Å². The van der Waals surface area contributed by atoms with Gasteiger partial charge in [-0.2, -0.15) is 0 Å². The van der Waals surface area contributed by atoms with Gasteiger partial charge in [0.1, 0.15) is 5.82 Å². The Bertz CT molecular complexity index is 370. The summed E-state index contributed by atoms with van der Waals surface area (Å²) in [5.41, 5.74) is 6.39. The predicted molar refractivity (Wildman–Crippen MR) is 44.1 cm³/mol. The second-order valence-corrected chi connectivity index (χ2v) is 2.31. The molecule has 4 nitrogen and oxygen atoms in total. The van der Waals surface area contributed by atoms with Crippen LogP contribution in [0, 0.1) is 0 Å². The van der Waals surface area contributed by atoms with Crippen molar-refractivity contribution in [1.82, 2.24) is 10.1 Å². The van der Waals surface area contributed by atoms with Crippen LogP contribution in [0.2, 0.25) is 0 Å². The average Bonchev–Trinajstić information content (AvgIpc) is 2.57. The summed E-state index contributed by atoms with van der Waals surface area (Å²) < 4.78 is 4.93. The van der Waals surface area contributed by atoms with Gasteiger partial charge in [0.15, 0.2) is 5.76 Å². The Morgan fingerprint density at radius 1 is 1.25 bits per heavy atom. The van der Waals surface area contributed by atoms with Gasteiger partial charge in [0, 0.05) is 12.3 Å². The minimum atomic E-state index is 0.453. The van der Waals surface area contributed by atoms with Crippen LogP contribution in [-0.4, -0.2) is 10.1 Å². The molecule has 2 rings (SSSR count). The van der Waals surface area contributed by atoms with E-state index in [1.165, 1.54) is 0 Å². The van der Waals surface area contributed by atoms with Crippen molar-refractivity contribution in [1.29, 1.82) is 0 Å². The van der Waals surface area contributed by atoms with Gasteiger partial charge in [-0.25, -0.2) is 4.98 Å². The highest BCUT2D eigenvalue weighted by molar-refractivity contribution is 5.68. The van der Waals surface area contributed by atoms with Crippen LogP contribution in [0.3, 0.4) is 0 Å². The van der Waals surface area contributed by atoms with E-state index in [9.17, 15) is 0 Å². The third kappa shape index (κ3) is 1.03. The lowest BCUT2D eigenvalue weighted by atomic mass is 10.2. The van der Waals surface area contributed by atoms with E-state index in [0.29, 0.717) is 11.6 Å². The molecule has 0 amide bonds. The Labute approximate surface area is 69.0 Å². The van der Waals surface area contributed by atoms with Crippen LogP contribution in [0.1, 0.15) is 0 Å². The first-order valence-electron chi connectivity index (χ1n) is 3.49. The summed E-state index contributed by atoms with van der Waals surface area (Å²) in [7, 11) is 0. The van der Waals surface area contributed by atoms with Crippen LogP contribution in [-0.2, 0) is 0 Å². The number of nitrogens with zero attached hydrogens (tertiary/aromatic N) is 2. The van der Waals surface area contributed by atoms with Gasteiger partial charge >= 0.3 is 0 Å². The zero-order valence-electron chi connectivity index (χ0n) is 6.27. The molecule has 0 spiro atoms. The summed E-state index contributed by atoms with van der Waals surface area (Å²) in [6, 6.07) is 5.38. The molecule has 0 aliphatic rings. The summed E-state index contributed by atoms with van der Waals surface area (Å²) >= 11 is 0. The molecule has 60 valence electrons. The van der Waals surface area contributed by atoms with Gasteiger partial charge in [-0.3, -0.25) is 0 Å². The Morgan fingerprint density at radius 2 is 2.17 bits per heavy atom. The fourth-order valence-corrected chi connectivity index (χ4v) is 0.981. The molecule has 0 atom stereocenters. The molecule has 2 aromatic rings. The number of aromatic nitrogens is 2. The standard InChI is InChI=1S/C8H7N3O/c9-8-6(2-1-4-10-8)7-3-5-11-12-7/h1-5H,(H2,9,10). The lowest BCUT2D eigenvalue weighted by Gasteiger charge is -1.97. The number of pyridine rings is 1. The summed E-state index contributed by atoms with van der Waals surface area (Å²) in [5.74, 6) is 1.09. The molecule has 4 heteroatoms. The Balaban J connectivity index is 2.55. The SMILES string of the molecule is Nc1ncccc1-c1ccno1. The number of rotatable bonds is 1. The van der Waals surface area contributed by atoms with Crippen molar-refractivity contribution in [2.45, 2.75) is 0 Å². The van der Waals surface area contributed by atoms with Crippen LogP contribution in [0.5, 0.6) is 0 Å². The van der Waals surface area contributed by atoms with Crippen LogP contribution >= 0.6 is 0 Å². The van der Waals surface area contributed by atoms with E-state index in [1.54, 1.807) is 24.5 Å². The molecule has 0 bridgehead atoms. The molecular formula is C8H7N3O. The molecule has 2 aromatic heterocycles. The zero-order valence-corrected chi connectivity index (χ0v) is 6.27. The molecule has 2 N–H and O–H groups in total. The number of nitrogen functional groups attached to an aromatic ring is 1. The number of hydrogen-bond donors (Lipinski definition) is 1. The smallest absolute Gasteiger partial charge is 0.170 e. The van der Waals surface area contributed by atoms with E-state index < -0.39 is 0 Å². The summed E-state index contributed by atoms with van der Waals surface area (Å²) in [6.45, 7) is 0. The molecule has 0 aromatic carbocycles. The lowest BCUT2D eigenvalue weighted by Crippen LogP contribution is -1.91. The normalized spacial score (nSPS) is 10.0. The number of anilines is 1. The molecular weight excluding hydrogens is 154 g/mol. The van der Waals surface area contributed by atoms with E-state index in [4.69, 9.17) is 10.3 Å². The van der Waals surface area contributed by atoms with Crippen LogP contribution in [0.25, 0.3) is 11.3 Å². The molecule has 0 aliphatic carbocycles. The van der Waals surface area contributed by atoms with Gasteiger partial charge in [0.25, 0.3) is 0 Å². The molecule has 0 unspecified atom stereocenters. The van der Waals surface area contributed by atoms with Gasteiger partial charge in [-0.15, -0.1) is 0 Å². The maximum absolute atomic E-state index is 5.61. The van der Waals surface area contributed by atoms with Gasteiger partial charge in [-0.05, 0) is 12.1 Å². The van der Waals surface area contributed by atoms with Crippen molar-refractivity contribution in [3.8, 4) is 11.3 Å². The third-order valence-electron chi connectivity index (χ3n) is 1.54. The highest BCUT2D eigenvalue weighted by Gasteiger charge is 2.04. The van der Waals surface area contributed by atoms with Crippen LogP contribution < -0.4 is 5.73 Å². The number of nitrogens with two attached hydrogens (primary N) is 1.